The van der Waals surface area contributed by atoms with Crippen molar-refractivity contribution in [3.05, 3.63) is 35.5 Å². The molecule has 1 fully saturated rings. The Hall–Kier alpha value is -1.36. The number of aliphatic hydroxyl groups excluding tert-OH is 1. The number of hydrogen-bond acceptors (Lipinski definition) is 3. The number of benzene rings is 1. The Labute approximate surface area is 131 Å². The fourth-order valence-corrected chi connectivity index (χ4v) is 4.84. The molecule has 1 N–H and O–H groups in total. The number of methoxy groups -OCH3 is 1. The fourth-order valence-electron chi connectivity index (χ4n) is 4.84. The summed E-state index contributed by atoms with van der Waals surface area (Å²) in [6.45, 7) is 1.16. The van der Waals surface area contributed by atoms with Crippen LogP contribution in [0.25, 0.3) is 10.9 Å². The van der Waals surface area contributed by atoms with E-state index in [0.29, 0.717) is 6.04 Å². The first-order valence-corrected chi connectivity index (χ1v) is 8.04. The summed E-state index contributed by atoms with van der Waals surface area (Å²) in [5.74, 6) is 0.265. The van der Waals surface area contributed by atoms with Crippen molar-refractivity contribution in [2.75, 3.05) is 27.3 Å². The van der Waals surface area contributed by atoms with E-state index in [0.717, 1.165) is 19.4 Å². The smallest absolute Gasteiger partial charge is 0.110 e. The summed E-state index contributed by atoms with van der Waals surface area (Å²) < 4.78 is 8.40. The number of likely N-dealkylation sites (N-methyl/N-ethyl adjacent to an activating group) is 1. The highest BCUT2D eigenvalue weighted by Crippen LogP contribution is 2.49. The van der Waals surface area contributed by atoms with Crippen molar-refractivity contribution in [3.63, 3.8) is 0 Å². The van der Waals surface area contributed by atoms with Gasteiger partial charge in [-0.05, 0) is 43.0 Å². The maximum absolute atomic E-state index is 9.72. The standard InChI is InChI=1S/C18H24N2O2/c1-19-10-13-7-16-18(22-3,8-12(11-21)9-20(16)2)14-5-4-6-15(19)17(13)14/h4-6,10,12,16,21H,7-9,11H2,1-3H3/t12?,16?,18-/m0/s1. The second-order valence-corrected chi connectivity index (χ2v) is 6.97. The maximum atomic E-state index is 9.72. The Balaban J connectivity index is 1.98. The minimum Gasteiger partial charge on any atom is -0.396 e. The van der Waals surface area contributed by atoms with Crippen LogP contribution >= 0.6 is 0 Å². The lowest BCUT2D eigenvalue weighted by Crippen LogP contribution is -2.59. The van der Waals surface area contributed by atoms with Crippen molar-refractivity contribution < 1.29 is 9.84 Å². The predicted molar refractivity (Wildman–Crippen MR) is 86.9 cm³/mol. The second-order valence-electron chi connectivity index (χ2n) is 6.97. The molecule has 2 unspecified atom stereocenters. The summed E-state index contributed by atoms with van der Waals surface area (Å²) in [5, 5.41) is 11.1. The molecule has 2 aromatic rings. The number of fused-ring (bicyclic) bond motifs is 2. The first-order valence-electron chi connectivity index (χ1n) is 8.04. The number of aliphatic hydroxyl groups is 1. The zero-order valence-corrected chi connectivity index (χ0v) is 13.5. The Bertz CT molecular complexity index is 723. The molecule has 0 bridgehead atoms. The summed E-state index contributed by atoms with van der Waals surface area (Å²) in [6.07, 6.45) is 4.17. The molecule has 0 amide bonds. The predicted octanol–water partition coefficient (Wildman–Crippen LogP) is 1.89. The van der Waals surface area contributed by atoms with Crippen molar-refractivity contribution in [2.24, 2.45) is 13.0 Å². The van der Waals surface area contributed by atoms with Crippen LogP contribution in [-0.4, -0.2) is 47.9 Å². The Kier molecular flexibility index (Phi) is 3.12. The number of aryl methyl sites for hydroxylation is 1. The van der Waals surface area contributed by atoms with E-state index in [1.807, 2.05) is 7.11 Å². The van der Waals surface area contributed by atoms with Gasteiger partial charge in [-0.1, -0.05) is 12.1 Å². The lowest BCUT2D eigenvalue weighted by Gasteiger charge is -2.52. The van der Waals surface area contributed by atoms with Gasteiger partial charge in [0, 0.05) is 50.5 Å². The lowest BCUT2D eigenvalue weighted by molar-refractivity contribution is -0.130. The second kappa shape index (κ2) is 4.82. The van der Waals surface area contributed by atoms with Gasteiger partial charge in [0.05, 0.1) is 0 Å². The van der Waals surface area contributed by atoms with Crippen molar-refractivity contribution in [1.82, 2.24) is 9.47 Å². The molecule has 1 aromatic heterocycles. The number of nitrogens with zero attached hydrogens (tertiary/aromatic N) is 2. The van der Waals surface area contributed by atoms with Gasteiger partial charge in [-0.25, -0.2) is 0 Å². The quantitative estimate of drug-likeness (QED) is 0.920. The fraction of sp³-hybridized carbons (Fsp3) is 0.556. The highest BCUT2D eigenvalue weighted by atomic mass is 16.5. The van der Waals surface area contributed by atoms with Gasteiger partial charge in [0.2, 0.25) is 0 Å². The van der Waals surface area contributed by atoms with Gasteiger partial charge in [0.1, 0.15) is 5.60 Å². The molecule has 0 saturated carbocycles. The molecular weight excluding hydrogens is 276 g/mol. The highest BCUT2D eigenvalue weighted by molar-refractivity contribution is 5.89. The van der Waals surface area contributed by atoms with Gasteiger partial charge in [0.25, 0.3) is 0 Å². The SMILES string of the molecule is CO[C@]12CC(CO)CN(C)C1Cc1cn(C)c3cccc2c13. The van der Waals surface area contributed by atoms with E-state index in [-0.39, 0.29) is 18.1 Å². The average molecular weight is 300 g/mol. The van der Waals surface area contributed by atoms with Crippen molar-refractivity contribution >= 4 is 10.9 Å². The van der Waals surface area contributed by atoms with Crippen molar-refractivity contribution in [1.29, 1.82) is 0 Å². The van der Waals surface area contributed by atoms with E-state index >= 15 is 0 Å². The van der Waals surface area contributed by atoms with Gasteiger partial charge in [-0.2, -0.15) is 0 Å². The van der Waals surface area contributed by atoms with Crippen molar-refractivity contribution in [2.45, 2.75) is 24.5 Å². The molecule has 1 aliphatic carbocycles. The monoisotopic (exact) mass is 300 g/mol. The number of piperidine rings is 1. The van der Waals surface area contributed by atoms with Crippen LogP contribution in [0.4, 0.5) is 0 Å². The molecule has 1 saturated heterocycles. The summed E-state index contributed by atoms with van der Waals surface area (Å²) in [7, 11) is 6.10. The van der Waals surface area contributed by atoms with Crippen LogP contribution in [-0.2, 0) is 23.8 Å². The number of aromatic nitrogens is 1. The van der Waals surface area contributed by atoms with Crippen LogP contribution in [0.1, 0.15) is 17.5 Å². The zero-order chi connectivity index (χ0) is 15.5. The van der Waals surface area contributed by atoms with Gasteiger partial charge in [-0.3, -0.25) is 4.90 Å². The van der Waals surface area contributed by atoms with Crippen molar-refractivity contribution in [3.8, 4) is 0 Å². The summed E-state index contributed by atoms with van der Waals surface area (Å²) in [5.41, 5.74) is 3.68. The molecule has 3 atom stereocenters. The number of rotatable bonds is 2. The first-order chi connectivity index (χ1) is 10.6. The maximum Gasteiger partial charge on any atom is 0.110 e. The molecule has 2 aliphatic rings. The minimum atomic E-state index is -0.311. The highest BCUT2D eigenvalue weighted by Gasteiger charge is 2.51. The van der Waals surface area contributed by atoms with Gasteiger partial charge in [0.15, 0.2) is 0 Å². The van der Waals surface area contributed by atoms with Crippen LogP contribution in [0.3, 0.4) is 0 Å². The van der Waals surface area contributed by atoms with Gasteiger partial charge >= 0.3 is 0 Å². The van der Waals surface area contributed by atoms with E-state index in [4.69, 9.17) is 4.74 Å². The minimum absolute atomic E-state index is 0.222. The molecule has 4 nitrogen and oxygen atoms in total. The van der Waals surface area contributed by atoms with Crippen LogP contribution in [0, 0.1) is 5.92 Å². The number of ether oxygens (including phenoxy) is 1. The summed E-state index contributed by atoms with van der Waals surface area (Å²) >= 11 is 0. The average Bonchev–Trinajstić information content (AvgIpc) is 2.86. The Morgan fingerprint density at radius 3 is 2.91 bits per heavy atom. The van der Waals surface area contributed by atoms with E-state index in [9.17, 15) is 5.11 Å². The van der Waals surface area contributed by atoms with Crippen LogP contribution in [0.15, 0.2) is 24.4 Å². The molecule has 4 rings (SSSR count). The largest absolute Gasteiger partial charge is 0.396 e. The molecular formula is C18H24N2O2. The molecule has 0 spiro atoms. The Morgan fingerprint density at radius 1 is 1.36 bits per heavy atom. The van der Waals surface area contributed by atoms with Crippen LogP contribution in [0.5, 0.6) is 0 Å². The van der Waals surface area contributed by atoms with E-state index < -0.39 is 0 Å². The third-order valence-corrected chi connectivity index (χ3v) is 5.79. The van der Waals surface area contributed by atoms with E-state index in [1.165, 1.54) is 22.0 Å². The van der Waals surface area contributed by atoms with E-state index in [2.05, 4.69) is 48.0 Å². The molecule has 0 radical (unpaired) electrons. The lowest BCUT2D eigenvalue weighted by atomic mass is 9.69. The zero-order valence-electron chi connectivity index (χ0n) is 13.5. The number of hydrogen-bond donors (Lipinski definition) is 1. The van der Waals surface area contributed by atoms with Crippen LogP contribution in [0.2, 0.25) is 0 Å². The van der Waals surface area contributed by atoms with Gasteiger partial charge < -0.3 is 14.4 Å². The molecule has 4 heteroatoms. The molecule has 22 heavy (non-hydrogen) atoms. The van der Waals surface area contributed by atoms with Crippen LogP contribution < -0.4 is 0 Å². The molecule has 118 valence electrons. The van der Waals surface area contributed by atoms with Gasteiger partial charge in [-0.15, -0.1) is 0 Å². The topological polar surface area (TPSA) is 37.6 Å². The normalized spacial score (nSPS) is 31.5. The molecule has 1 aliphatic heterocycles. The third kappa shape index (κ3) is 1.69. The van der Waals surface area contributed by atoms with E-state index in [1.54, 1.807) is 0 Å². The summed E-state index contributed by atoms with van der Waals surface area (Å²) in [6, 6.07) is 6.87. The number of likely N-dealkylation sites (tertiary alicyclic amines) is 1. The first kappa shape index (κ1) is 14.2. The summed E-state index contributed by atoms with van der Waals surface area (Å²) in [4.78, 5) is 2.38. The third-order valence-electron chi connectivity index (χ3n) is 5.79. The molecule has 1 aromatic carbocycles. The Morgan fingerprint density at radius 2 is 2.18 bits per heavy atom. The molecule has 2 heterocycles.